The van der Waals surface area contributed by atoms with Gasteiger partial charge in [-0.2, -0.15) is 0 Å². The molecule has 0 radical (unpaired) electrons. The van der Waals surface area contributed by atoms with Crippen LogP contribution in [0.4, 0.5) is 0 Å². The van der Waals surface area contributed by atoms with E-state index in [0.29, 0.717) is 5.75 Å². The Bertz CT molecular complexity index is 425. The lowest BCUT2D eigenvalue weighted by atomic mass is 10.0. The number of nitrogens with zero attached hydrogens (tertiary/aromatic N) is 1. The van der Waals surface area contributed by atoms with Gasteiger partial charge in [-0.05, 0) is 48.4 Å². The van der Waals surface area contributed by atoms with Crippen molar-refractivity contribution in [3.05, 3.63) is 28.8 Å². The number of phenolic OH excluding ortho intramolecular Hbond substituents is 1. The average Bonchev–Trinajstić information content (AvgIpc) is 2.84. The van der Waals surface area contributed by atoms with E-state index in [1.54, 1.807) is 0 Å². The van der Waals surface area contributed by atoms with E-state index in [0.717, 1.165) is 51.1 Å². The third kappa shape index (κ3) is 2.52. The molecule has 3 nitrogen and oxygen atoms in total. The van der Waals surface area contributed by atoms with Gasteiger partial charge in [0.25, 0.3) is 0 Å². The van der Waals surface area contributed by atoms with Crippen molar-refractivity contribution in [2.24, 2.45) is 0 Å². The van der Waals surface area contributed by atoms with Gasteiger partial charge >= 0.3 is 0 Å². The molecule has 1 aromatic carbocycles. The zero-order valence-corrected chi connectivity index (χ0v) is 10.9. The van der Waals surface area contributed by atoms with E-state index in [1.807, 2.05) is 6.07 Å². The fourth-order valence-electron chi connectivity index (χ4n) is 3.08. The average molecular weight is 246 g/mol. The molecule has 1 heterocycles. The molecule has 1 aliphatic heterocycles. The summed E-state index contributed by atoms with van der Waals surface area (Å²) in [6.07, 6.45) is 4.55. The first kappa shape index (κ1) is 12.0. The fourth-order valence-corrected chi connectivity index (χ4v) is 3.08. The number of aromatic hydroxyl groups is 1. The molecule has 1 aliphatic carbocycles. The van der Waals surface area contributed by atoms with Gasteiger partial charge in [0.2, 0.25) is 0 Å². The van der Waals surface area contributed by atoms with Crippen LogP contribution in [-0.4, -0.2) is 42.7 Å². The van der Waals surface area contributed by atoms with Gasteiger partial charge in [0.1, 0.15) is 5.75 Å². The molecule has 3 heteroatoms. The van der Waals surface area contributed by atoms with Crippen LogP contribution in [0.15, 0.2) is 12.1 Å². The van der Waals surface area contributed by atoms with E-state index in [4.69, 9.17) is 0 Å². The molecule has 98 valence electrons. The minimum Gasteiger partial charge on any atom is -0.508 e. The van der Waals surface area contributed by atoms with Crippen LogP contribution in [-0.2, 0) is 19.3 Å². The van der Waals surface area contributed by atoms with E-state index in [9.17, 15) is 5.11 Å². The van der Waals surface area contributed by atoms with Crippen LogP contribution in [0.1, 0.15) is 23.1 Å². The van der Waals surface area contributed by atoms with E-state index in [2.05, 4.69) is 16.3 Å². The number of piperazine rings is 1. The number of rotatable bonds is 3. The summed E-state index contributed by atoms with van der Waals surface area (Å²) in [5.74, 6) is 0.505. The predicted molar refractivity (Wildman–Crippen MR) is 73.1 cm³/mol. The van der Waals surface area contributed by atoms with E-state index < -0.39 is 0 Å². The van der Waals surface area contributed by atoms with Crippen LogP contribution in [0.2, 0.25) is 0 Å². The second kappa shape index (κ2) is 5.29. The molecule has 0 unspecified atom stereocenters. The molecule has 1 saturated heterocycles. The highest BCUT2D eigenvalue weighted by Crippen LogP contribution is 2.29. The van der Waals surface area contributed by atoms with Crippen LogP contribution in [0.5, 0.6) is 5.75 Å². The molecule has 2 N–H and O–H groups in total. The third-order valence-electron chi connectivity index (χ3n) is 4.20. The fraction of sp³-hybridized carbons (Fsp3) is 0.600. The van der Waals surface area contributed by atoms with Crippen LogP contribution in [0.3, 0.4) is 0 Å². The van der Waals surface area contributed by atoms with Crippen LogP contribution in [0, 0.1) is 0 Å². The molecule has 0 saturated carbocycles. The predicted octanol–water partition coefficient (Wildman–Crippen LogP) is 1.33. The Labute approximate surface area is 109 Å². The first-order chi connectivity index (χ1) is 8.83. The Kier molecular flexibility index (Phi) is 3.52. The molecule has 0 aromatic heterocycles. The minimum atomic E-state index is 0.505. The summed E-state index contributed by atoms with van der Waals surface area (Å²) in [5.41, 5.74) is 3.95. The number of phenols is 1. The van der Waals surface area contributed by atoms with E-state index in [-0.39, 0.29) is 0 Å². The van der Waals surface area contributed by atoms with Crippen molar-refractivity contribution < 1.29 is 5.11 Å². The Morgan fingerprint density at radius 2 is 1.83 bits per heavy atom. The van der Waals surface area contributed by atoms with Crippen LogP contribution >= 0.6 is 0 Å². The molecule has 18 heavy (non-hydrogen) atoms. The first-order valence-corrected chi connectivity index (χ1v) is 7.09. The van der Waals surface area contributed by atoms with Gasteiger partial charge in [-0.3, -0.25) is 0 Å². The highest BCUT2D eigenvalue weighted by Gasteiger charge is 2.15. The smallest absolute Gasteiger partial charge is 0.119 e. The number of benzene rings is 1. The molecular formula is C15H22N2O. The SMILES string of the molecule is Oc1cc2c(cc1CCN1CCNCC1)CCC2. The van der Waals surface area contributed by atoms with Crippen molar-refractivity contribution in [1.82, 2.24) is 10.2 Å². The van der Waals surface area contributed by atoms with Gasteiger partial charge in [-0.25, -0.2) is 0 Å². The van der Waals surface area contributed by atoms with Gasteiger partial charge in [-0.1, -0.05) is 6.07 Å². The molecular weight excluding hydrogens is 224 g/mol. The van der Waals surface area contributed by atoms with Crippen molar-refractivity contribution >= 4 is 0 Å². The first-order valence-electron chi connectivity index (χ1n) is 7.09. The lowest BCUT2D eigenvalue weighted by molar-refractivity contribution is 0.243. The Balaban J connectivity index is 1.65. The molecule has 0 amide bonds. The summed E-state index contributed by atoms with van der Waals surface area (Å²) in [4.78, 5) is 2.48. The molecule has 2 aliphatic rings. The molecule has 0 atom stereocenters. The van der Waals surface area contributed by atoms with Crippen LogP contribution in [0.25, 0.3) is 0 Å². The zero-order chi connectivity index (χ0) is 12.4. The van der Waals surface area contributed by atoms with Gasteiger partial charge in [0, 0.05) is 32.7 Å². The van der Waals surface area contributed by atoms with Crippen LogP contribution < -0.4 is 5.32 Å². The van der Waals surface area contributed by atoms with Crippen molar-refractivity contribution in [2.75, 3.05) is 32.7 Å². The van der Waals surface area contributed by atoms with Crippen molar-refractivity contribution in [2.45, 2.75) is 25.7 Å². The maximum atomic E-state index is 10.1. The summed E-state index contributed by atoms with van der Waals surface area (Å²) in [6, 6.07) is 4.23. The monoisotopic (exact) mass is 246 g/mol. The quantitative estimate of drug-likeness (QED) is 0.844. The van der Waals surface area contributed by atoms with E-state index >= 15 is 0 Å². The second-order valence-electron chi connectivity index (χ2n) is 5.44. The van der Waals surface area contributed by atoms with Gasteiger partial charge in [0.05, 0.1) is 0 Å². The van der Waals surface area contributed by atoms with E-state index in [1.165, 1.54) is 24.0 Å². The standard InChI is InChI=1S/C15H22N2O/c18-15-11-13-3-1-2-12(13)10-14(15)4-7-17-8-5-16-6-9-17/h10-11,16,18H,1-9H2. The van der Waals surface area contributed by atoms with Gasteiger partial charge in [0.15, 0.2) is 0 Å². The number of hydrogen-bond acceptors (Lipinski definition) is 3. The van der Waals surface area contributed by atoms with Crippen molar-refractivity contribution in [1.29, 1.82) is 0 Å². The molecule has 0 spiro atoms. The lowest BCUT2D eigenvalue weighted by Gasteiger charge is -2.27. The number of hydrogen-bond donors (Lipinski definition) is 2. The maximum absolute atomic E-state index is 10.1. The summed E-state index contributed by atoms with van der Waals surface area (Å²) < 4.78 is 0. The summed E-state index contributed by atoms with van der Waals surface area (Å²) in [7, 11) is 0. The van der Waals surface area contributed by atoms with Crippen molar-refractivity contribution in [3.8, 4) is 5.75 Å². The third-order valence-corrected chi connectivity index (χ3v) is 4.20. The Morgan fingerprint density at radius 3 is 2.61 bits per heavy atom. The summed E-state index contributed by atoms with van der Waals surface area (Å²) in [6.45, 7) is 5.51. The van der Waals surface area contributed by atoms with Gasteiger partial charge < -0.3 is 15.3 Å². The largest absolute Gasteiger partial charge is 0.508 e. The zero-order valence-electron chi connectivity index (χ0n) is 10.9. The highest BCUT2D eigenvalue weighted by molar-refractivity contribution is 5.44. The topological polar surface area (TPSA) is 35.5 Å². The molecule has 3 rings (SSSR count). The molecule has 1 aromatic rings. The Morgan fingerprint density at radius 1 is 1.11 bits per heavy atom. The number of aryl methyl sites for hydroxylation is 2. The Hall–Kier alpha value is -1.06. The summed E-state index contributed by atoms with van der Waals surface area (Å²) >= 11 is 0. The number of fused-ring (bicyclic) bond motifs is 1. The minimum absolute atomic E-state index is 0.505. The second-order valence-corrected chi connectivity index (χ2v) is 5.44. The maximum Gasteiger partial charge on any atom is 0.119 e. The molecule has 0 bridgehead atoms. The molecule has 1 fully saturated rings. The number of nitrogens with one attached hydrogen (secondary N) is 1. The van der Waals surface area contributed by atoms with Crippen molar-refractivity contribution in [3.63, 3.8) is 0 Å². The lowest BCUT2D eigenvalue weighted by Crippen LogP contribution is -2.44. The summed E-state index contributed by atoms with van der Waals surface area (Å²) in [5, 5.41) is 13.4. The normalized spacial score (nSPS) is 20.0. The highest BCUT2D eigenvalue weighted by atomic mass is 16.3. The van der Waals surface area contributed by atoms with Gasteiger partial charge in [-0.15, -0.1) is 0 Å².